The van der Waals surface area contributed by atoms with Crippen molar-refractivity contribution in [1.29, 1.82) is 0 Å². The molecule has 200 valence electrons. The van der Waals surface area contributed by atoms with Crippen LogP contribution in [0.1, 0.15) is 23.5 Å². The number of aromatic nitrogens is 1. The molecule has 6 nitrogen and oxygen atoms in total. The average molecular weight is 521 g/mol. The second-order valence-corrected chi connectivity index (χ2v) is 9.86. The van der Waals surface area contributed by atoms with Gasteiger partial charge in [0.25, 0.3) is 0 Å². The number of amides is 2. The summed E-state index contributed by atoms with van der Waals surface area (Å²) in [6.07, 6.45) is 4.43. The normalized spacial score (nSPS) is 13.8. The van der Waals surface area contributed by atoms with Crippen molar-refractivity contribution in [2.75, 3.05) is 51.3 Å². The Kier molecular flexibility index (Phi) is 9.34. The third-order valence-electron chi connectivity index (χ3n) is 7.28. The van der Waals surface area contributed by atoms with Gasteiger partial charge < -0.3 is 15.0 Å². The predicted octanol–water partition coefficient (Wildman–Crippen LogP) is 6.14. The Balaban J connectivity index is 1.32. The number of nitrogens with one attached hydrogen (secondary N) is 1. The Hall–Kier alpha value is -4.00. The van der Waals surface area contributed by atoms with Crippen LogP contribution in [0.3, 0.4) is 0 Å². The molecule has 0 unspecified atom stereocenters. The van der Waals surface area contributed by atoms with E-state index in [9.17, 15) is 4.79 Å². The van der Waals surface area contributed by atoms with Gasteiger partial charge in [0.2, 0.25) is 0 Å². The lowest BCUT2D eigenvalue weighted by Gasteiger charge is -2.31. The number of carbonyl (C=O) groups is 1. The lowest BCUT2D eigenvalue weighted by molar-refractivity contribution is 0.0351. The number of morpholine rings is 1. The molecule has 0 bridgehead atoms. The number of carbonyl (C=O) groups excluding carboxylic acids is 1. The molecule has 3 aromatic carbocycles. The molecule has 1 aliphatic heterocycles. The van der Waals surface area contributed by atoms with Crippen LogP contribution in [0.25, 0.3) is 11.1 Å². The highest BCUT2D eigenvalue weighted by Crippen LogP contribution is 2.28. The molecule has 4 aromatic rings. The first-order chi connectivity index (χ1) is 19.3. The maximum atomic E-state index is 13.7. The van der Waals surface area contributed by atoms with Crippen LogP contribution in [0, 0.1) is 0 Å². The van der Waals surface area contributed by atoms with E-state index < -0.39 is 0 Å². The number of rotatable bonds is 10. The van der Waals surface area contributed by atoms with Crippen molar-refractivity contribution in [1.82, 2.24) is 14.8 Å². The van der Waals surface area contributed by atoms with E-state index in [0.29, 0.717) is 13.1 Å². The number of urea groups is 1. The summed E-state index contributed by atoms with van der Waals surface area (Å²) < 4.78 is 5.52. The van der Waals surface area contributed by atoms with Gasteiger partial charge in [0.05, 0.1) is 13.2 Å². The Morgan fingerprint density at radius 2 is 1.54 bits per heavy atom. The number of nitrogens with zero attached hydrogens (tertiary/aromatic N) is 3. The SMILES string of the molecule is O=C(Nc1cccc(-c2cccnc2)c1)N(CCC(c1ccccc1)c1ccccc1)CCN1CCOCC1. The lowest BCUT2D eigenvalue weighted by Crippen LogP contribution is -2.44. The second kappa shape index (κ2) is 13.7. The van der Waals surface area contributed by atoms with Crippen LogP contribution >= 0.6 is 0 Å². The van der Waals surface area contributed by atoms with Gasteiger partial charge >= 0.3 is 6.03 Å². The number of anilines is 1. The molecule has 1 N–H and O–H groups in total. The van der Waals surface area contributed by atoms with E-state index in [-0.39, 0.29) is 11.9 Å². The molecule has 0 aliphatic carbocycles. The Labute approximate surface area is 231 Å². The number of hydrogen-bond donors (Lipinski definition) is 1. The molecule has 1 aliphatic rings. The number of benzene rings is 3. The molecular weight excluding hydrogens is 484 g/mol. The number of hydrogen-bond acceptors (Lipinski definition) is 4. The van der Waals surface area contributed by atoms with Crippen LogP contribution in [-0.2, 0) is 4.74 Å². The monoisotopic (exact) mass is 520 g/mol. The van der Waals surface area contributed by atoms with Crippen molar-refractivity contribution in [3.05, 3.63) is 121 Å². The summed E-state index contributed by atoms with van der Waals surface area (Å²) in [6, 6.07) is 33.0. The zero-order valence-corrected chi connectivity index (χ0v) is 22.3. The van der Waals surface area contributed by atoms with E-state index in [1.807, 2.05) is 59.6 Å². The summed E-state index contributed by atoms with van der Waals surface area (Å²) in [7, 11) is 0. The van der Waals surface area contributed by atoms with Crippen LogP contribution in [0.4, 0.5) is 10.5 Å². The molecule has 1 aromatic heterocycles. The zero-order valence-electron chi connectivity index (χ0n) is 22.3. The molecular formula is C33H36N4O2. The first kappa shape index (κ1) is 26.6. The second-order valence-electron chi connectivity index (χ2n) is 9.86. The minimum atomic E-state index is -0.0773. The van der Waals surface area contributed by atoms with Gasteiger partial charge in [0.1, 0.15) is 0 Å². The molecule has 1 saturated heterocycles. The van der Waals surface area contributed by atoms with Crippen LogP contribution < -0.4 is 5.32 Å². The Morgan fingerprint density at radius 3 is 2.21 bits per heavy atom. The number of pyridine rings is 1. The smallest absolute Gasteiger partial charge is 0.321 e. The predicted molar refractivity (Wildman–Crippen MR) is 157 cm³/mol. The lowest BCUT2D eigenvalue weighted by atomic mass is 9.88. The fraction of sp³-hybridized carbons (Fsp3) is 0.273. The molecule has 5 rings (SSSR count). The highest BCUT2D eigenvalue weighted by atomic mass is 16.5. The summed E-state index contributed by atoms with van der Waals surface area (Å²) in [5.74, 6) is 0.208. The molecule has 2 heterocycles. The molecule has 6 heteroatoms. The van der Waals surface area contributed by atoms with E-state index in [0.717, 1.165) is 56.1 Å². The minimum absolute atomic E-state index is 0.0773. The van der Waals surface area contributed by atoms with Gasteiger partial charge in [-0.25, -0.2) is 4.79 Å². The van der Waals surface area contributed by atoms with Crippen LogP contribution in [0.15, 0.2) is 109 Å². The zero-order chi connectivity index (χ0) is 26.7. The van der Waals surface area contributed by atoms with E-state index in [1.54, 1.807) is 6.20 Å². The highest BCUT2D eigenvalue weighted by molar-refractivity contribution is 5.90. The maximum absolute atomic E-state index is 13.7. The fourth-order valence-electron chi connectivity index (χ4n) is 5.10. The summed E-state index contributed by atoms with van der Waals surface area (Å²) in [4.78, 5) is 22.2. The van der Waals surface area contributed by atoms with Gasteiger partial charge in [-0.1, -0.05) is 78.9 Å². The van der Waals surface area contributed by atoms with Gasteiger partial charge in [-0.2, -0.15) is 0 Å². The van der Waals surface area contributed by atoms with Gasteiger partial charge in [-0.15, -0.1) is 0 Å². The summed E-state index contributed by atoms with van der Waals surface area (Å²) in [6.45, 7) is 5.43. The highest BCUT2D eigenvalue weighted by Gasteiger charge is 2.21. The third kappa shape index (κ3) is 7.53. The largest absolute Gasteiger partial charge is 0.379 e. The van der Waals surface area contributed by atoms with Crippen molar-refractivity contribution >= 4 is 11.7 Å². The quantitative estimate of drug-likeness (QED) is 0.273. The van der Waals surface area contributed by atoms with E-state index in [4.69, 9.17) is 4.74 Å². The van der Waals surface area contributed by atoms with Gasteiger partial charge in [-0.3, -0.25) is 9.88 Å². The first-order valence-corrected chi connectivity index (χ1v) is 13.7. The van der Waals surface area contributed by atoms with Gasteiger partial charge in [-0.05, 0) is 41.3 Å². The minimum Gasteiger partial charge on any atom is -0.379 e. The van der Waals surface area contributed by atoms with Crippen LogP contribution in [0.5, 0.6) is 0 Å². The van der Waals surface area contributed by atoms with Crippen molar-refractivity contribution in [2.45, 2.75) is 12.3 Å². The number of ether oxygens (including phenoxy) is 1. The van der Waals surface area contributed by atoms with E-state index in [1.165, 1.54) is 11.1 Å². The van der Waals surface area contributed by atoms with Crippen molar-refractivity contribution in [2.24, 2.45) is 0 Å². The third-order valence-corrected chi connectivity index (χ3v) is 7.28. The molecule has 0 spiro atoms. The maximum Gasteiger partial charge on any atom is 0.321 e. The topological polar surface area (TPSA) is 57.7 Å². The van der Waals surface area contributed by atoms with Crippen molar-refractivity contribution in [3.63, 3.8) is 0 Å². The standard InChI is InChI=1S/C33H36N4O2/c38-33(35-31-15-7-13-29(25-31)30-14-8-17-34-26-30)37(20-19-36-21-23-39-24-22-36)18-16-32(27-9-3-1-4-10-27)28-11-5-2-6-12-28/h1-15,17,25-26,32H,16,18-24H2,(H,35,38). The molecule has 0 radical (unpaired) electrons. The molecule has 0 atom stereocenters. The molecule has 2 amide bonds. The summed E-state index contributed by atoms with van der Waals surface area (Å²) in [5, 5.41) is 3.17. The molecule has 39 heavy (non-hydrogen) atoms. The average Bonchev–Trinajstić information content (AvgIpc) is 3.01. The van der Waals surface area contributed by atoms with Crippen molar-refractivity contribution < 1.29 is 9.53 Å². The first-order valence-electron chi connectivity index (χ1n) is 13.7. The van der Waals surface area contributed by atoms with Crippen LogP contribution in [0.2, 0.25) is 0 Å². The molecule has 0 saturated carbocycles. The fourth-order valence-corrected chi connectivity index (χ4v) is 5.10. The van der Waals surface area contributed by atoms with E-state index in [2.05, 4.69) is 63.7 Å². The van der Waals surface area contributed by atoms with Crippen molar-refractivity contribution in [3.8, 4) is 11.1 Å². The van der Waals surface area contributed by atoms with E-state index >= 15 is 0 Å². The summed E-state index contributed by atoms with van der Waals surface area (Å²) >= 11 is 0. The van der Waals surface area contributed by atoms with Crippen LogP contribution in [-0.4, -0.2) is 66.8 Å². The summed E-state index contributed by atoms with van der Waals surface area (Å²) in [5.41, 5.74) is 5.35. The molecule has 1 fully saturated rings. The van der Waals surface area contributed by atoms with Gasteiger partial charge in [0, 0.05) is 62.3 Å². The Bertz CT molecular complexity index is 1260. The Morgan fingerprint density at radius 1 is 0.846 bits per heavy atom. The van der Waals surface area contributed by atoms with Gasteiger partial charge in [0.15, 0.2) is 0 Å².